The van der Waals surface area contributed by atoms with E-state index in [0.29, 0.717) is 16.3 Å². The lowest BCUT2D eigenvalue weighted by atomic mass is 9.97. The van der Waals surface area contributed by atoms with Gasteiger partial charge in [0, 0.05) is 51.3 Å². The molecule has 29 heavy (non-hydrogen) atoms. The summed E-state index contributed by atoms with van der Waals surface area (Å²) in [5, 5.41) is 8.74. The SMILES string of the molecule is CCCNc1cc2c(=O)cc3c4cccc5cccc(c54)c4cc(=O)c(c1)c2n34. The highest BCUT2D eigenvalue weighted by molar-refractivity contribution is 6.22. The molecule has 0 aliphatic heterocycles. The lowest BCUT2D eigenvalue weighted by Crippen LogP contribution is -2.14. The lowest BCUT2D eigenvalue weighted by molar-refractivity contribution is 0.980. The highest BCUT2D eigenvalue weighted by atomic mass is 16.1. The molecular formula is C25H18N2O2. The van der Waals surface area contributed by atoms with Crippen LogP contribution < -0.4 is 16.2 Å². The first-order valence-electron chi connectivity index (χ1n) is 9.94. The quantitative estimate of drug-likeness (QED) is 0.349. The molecule has 0 fully saturated rings. The maximum atomic E-state index is 13.1. The second-order valence-corrected chi connectivity index (χ2v) is 7.68. The number of aromatic nitrogens is 1. The monoisotopic (exact) mass is 378 g/mol. The third kappa shape index (κ3) is 2.08. The van der Waals surface area contributed by atoms with E-state index in [0.717, 1.165) is 51.2 Å². The van der Waals surface area contributed by atoms with Crippen molar-refractivity contribution in [1.29, 1.82) is 0 Å². The molecule has 0 unspecified atom stereocenters. The summed E-state index contributed by atoms with van der Waals surface area (Å²) in [4.78, 5) is 26.3. The van der Waals surface area contributed by atoms with E-state index in [4.69, 9.17) is 0 Å². The Bertz CT molecular complexity index is 1570. The first-order chi connectivity index (χ1) is 14.2. The topological polar surface area (TPSA) is 50.6 Å². The summed E-state index contributed by atoms with van der Waals surface area (Å²) < 4.78 is 2.09. The predicted molar refractivity (Wildman–Crippen MR) is 121 cm³/mol. The molecule has 0 saturated heterocycles. The smallest absolute Gasteiger partial charge is 0.190 e. The van der Waals surface area contributed by atoms with Crippen LogP contribution in [0, 0.1) is 0 Å². The molecule has 0 atom stereocenters. The van der Waals surface area contributed by atoms with Crippen LogP contribution >= 0.6 is 0 Å². The van der Waals surface area contributed by atoms with Crippen molar-refractivity contribution < 1.29 is 0 Å². The van der Waals surface area contributed by atoms with Crippen LogP contribution in [0.1, 0.15) is 13.3 Å². The maximum absolute atomic E-state index is 13.1. The van der Waals surface area contributed by atoms with Crippen molar-refractivity contribution in [1.82, 2.24) is 4.40 Å². The van der Waals surface area contributed by atoms with Crippen LogP contribution in [0.2, 0.25) is 0 Å². The van der Waals surface area contributed by atoms with E-state index in [9.17, 15) is 9.59 Å². The summed E-state index contributed by atoms with van der Waals surface area (Å²) in [6.45, 7) is 2.88. The van der Waals surface area contributed by atoms with Gasteiger partial charge in [-0.15, -0.1) is 0 Å². The van der Waals surface area contributed by atoms with Gasteiger partial charge in [0.1, 0.15) is 0 Å². The Kier molecular flexibility index (Phi) is 3.19. The van der Waals surface area contributed by atoms with E-state index >= 15 is 0 Å². The highest BCUT2D eigenvalue weighted by Crippen LogP contribution is 2.35. The summed E-state index contributed by atoms with van der Waals surface area (Å²) >= 11 is 0. The van der Waals surface area contributed by atoms with Gasteiger partial charge in [-0.25, -0.2) is 0 Å². The van der Waals surface area contributed by atoms with Crippen LogP contribution in [0.5, 0.6) is 0 Å². The van der Waals surface area contributed by atoms with Gasteiger partial charge in [-0.2, -0.15) is 0 Å². The number of hydrogen-bond donors (Lipinski definition) is 1. The van der Waals surface area contributed by atoms with Gasteiger partial charge in [-0.3, -0.25) is 9.59 Å². The maximum Gasteiger partial charge on any atom is 0.190 e. The number of anilines is 1. The van der Waals surface area contributed by atoms with Gasteiger partial charge >= 0.3 is 0 Å². The van der Waals surface area contributed by atoms with E-state index in [-0.39, 0.29) is 10.9 Å². The molecular weight excluding hydrogens is 360 g/mol. The Morgan fingerprint density at radius 1 is 0.793 bits per heavy atom. The molecule has 0 amide bonds. The first kappa shape index (κ1) is 16.3. The van der Waals surface area contributed by atoms with Gasteiger partial charge < -0.3 is 9.72 Å². The van der Waals surface area contributed by atoms with E-state index in [2.05, 4.69) is 40.9 Å². The minimum atomic E-state index is -0.0573. The first-order valence-corrected chi connectivity index (χ1v) is 9.94. The second kappa shape index (κ2) is 5.67. The largest absolute Gasteiger partial charge is 0.385 e. The second-order valence-electron chi connectivity index (χ2n) is 7.68. The van der Waals surface area contributed by atoms with Crippen molar-refractivity contribution in [2.24, 2.45) is 0 Å². The van der Waals surface area contributed by atoms with Gasteiger partial charge in [-0.05, 0) is 23.9 Å². The molecule has 3 heterocycles. The lowest BCUT2D eigenvalue weighted by Gasteiger charge is -2.18. The minimum absolute atomic E-state index is 0.0573. The molecule has 6 aromatic rings. The van der Waals surface area contributed by atoms with Crippen LogP contribution in [-0.4, -0.2) is 10.9 Å². The molecule has 6 rings (SSSR count). The average Bonchev–Trinajstić information content (AvgIpc) is 2.74. The number of nitrogens with zero attached hydrogens (tertiary/aromatic N) is 1. The summed E-state index contributed by atoms with van der Waals surface area (Å²) in [6, 6.07) is 19.5. The highest BCUT2D eigenvalue weighted by Gasteiger charge is 2.18. The molecule has 0 aliphatic carbocycles. The zero-order valence-electron chi connectivity index (χ0n) is 16.0. The molecule has 0 bridgehead atoms. The Morgan fingerprint density at radius 3 is 1.93 bits per heavy atom. The fourth-order valence-electron chi connectivity index (χ4n) is 4.69. The summed E-state index contributed by atoms with van der Waals surface area (Å²) in [5.41, 5.74) is 3.11. The Balaban J connectivity index is 1.94. The fraction of sp³-hybridized carbons (Fsp3) is 0.120. The van der Waals surface area contributed by atoms with Gasteiger partial charge in [0.2, 0.25) is 0 Å². The van der Waals surface area contributed by atoms with Gasteiger partial charge in [0.15, 0.2) is 10.9 Å². The molecule has 4 heteroatoms. The van der Waals surface area contributed by atoms with Crippen molar-refractivity contribution in [3.63, 3.8) is 0 Å². The van der Waals surface area contributed by atoms with Crippen molar-refractivity contribution in [2.45, 2.75) is 13.3 Å². The number of pyridine rings is 3. The van der Waals surface area contributed by atoms with Gasteiger partial charge in [0.05, 0.1) is 16.6 Å². The standard InChI is InChI=1S/C25H18N2O2/c1-2-9-26-15-10-18-22(28)12-20-16-7-3-5-14-6-4-8-17(24(14)16)21-13-23(29)19(11-15)25(18)27(20)21/h3-8,10-13,26H,2,9H2,1H3. The van der Waals surface area contributed by atoms with E-state index < -0.39 is 0 Å². The average molecular weight is 378 g/mol. The number of fused-ring (bicyclic) bond motifs is 2. The van der Waals surface area contributed by atoms with E-state index in [1.807, 2.05) is 24.3 Å². The van der Waals surface area contributed by atoms with E-state index in [1.54, 1.807) is 12.1 Å². The van der Waals surface area contributed by atoms with Gasteiger partial charge in [0.25, 0.3) is 0 Å². The van der Waals surface area contributed by atoms with Crippen molar-refractivity contribution in [3.8, 4) is 0 Å². The van der Waals surface area contributed by atoms with Crippen molar-refractivity contribution in [2.75, 3.05) is 11.9 Å². The molecule has 4 nitrogen and oxygen atoms in total. The zero-order chi connectivity index (χ0) is 19.7. The summed E-state index contributed by atoms with van der Waals surface area (Å²) in [7, 11) is 0. The van der Waals surface area contributed by atoms with Crippen molar-refractivity contribution >= 4 is 54.6 Å². The number of nitrogens with one attached hydrogen (secondary N) is 1. The van der Waals surface area contributed by atoms with Crippen LogP contribution in [0.25, 0.3) is 48.9 Å². The summed E-state index contributed by atoms with van der Waals surface area (Å²) in [6.07, 6.45) is 0.968. The third-order valence-corrected chi connectivity index (χ3v) is 5.92. The Morgan fingerprint density at radius 2 is 1.38 bits per heavy atom. The van der Waals surface area contributed by atoms with Crippen molar-refractivity contribution in [3.05, 3.63) is 81.1 Å². The summed E-state index contributed by atoms with van der Waals surface area (Å²) in [5.74, 6) is 0. The zero-order valence-corrected chi connectivity index (χ0v) is 16.0. The Labute approximate surface area is 165 Å². The van der Waals surface area contributed by atoms with Crippen LogP contribution in [0.15, 0.2) is 70.3 Å². The molecule has 0 saturated carbocycles. The molecule has 0 radical (unpaired) electrons. The van der Waals surface area contributed by atoms with Crippen LogP contribution in [0.4, 0.5) is 5.69 Å². The minimum Gasteiger partial charge on any atom is -0.385 e. The van der Waals surface area contributed by atoms with E-state index in [1.165, 1.54) is 0 Å². The fourth-order valence-corrected chi connectivity index (χ4v) is 4.69. The molecule has 140 valence electrons. The molecule has 0 aliphatic rings. The molecule has 1 N–H and O–H groups in total. The third-order valence-electron chi connectivity index (χ3n) is 5.92. The molecule has 3 aromatic heterocycles. The number of benzene rings is 3. The number of rotatable bonds is 3. The predicted octanol–water partition coefficient (Wildman–Crippen LogP) is 4.97. The van der Waals surface area contributed by atoms with Crippen LogP contribution in [-0.2, 0) is 0 Å². The van der Waals surface area contributed by atoms with Gasteiger partial charge in [-0.1, -0.05) is 43.3 Å². The normalized spacial score (nSPS) is 12.2. The Hall–Kier alpha value is -3.66. The molecule has 3 aromatic carbocycles. The molecule has 0 spiro atoms. The van der Waals surface area contributed by atoms with Crippen LogP contribution in [0.3, 0.4) is 0 Å². The number of hydrogen-bond acceptors (Lipinski definition) is 3.